The summed E-state index contributed by atoms with van der Waals surface area (Å²) in [6, 6.07) is 10.6. The Morgan fingerprint density at radius 3 is 2.66 bits per heavy atom. The molecule has 10 heteroatoms. The van der Waals surface area contributed by atoms with Gasteiger partial charge in [0.2, 0.25) is 5.95 Å². The third-order valence-corrected chi connectivity index (χ3v) is 6.04. The van der Waals surface area contributed by atoms with Crippen LogP contribution in [0.2, 0.25) is 5.02 Å². The second-order valence-electron chi connectivity index (χ2n) is 7.89. The zero-order valence-electron chi connectivity index (χ0n) is 17.4. The zero-order valence-corrected chi connectivity index (χ0v) is 18.2. The van der Waals surface area contributed by atoms with Crippen molar-refractivity contribution in [3.05, 3.63) is 75.6 Å². The van der Waals surface area contributed by atoms with Gasteiger partial charge in [-0.05, 0) is 25.1 Å². The highest BCUT2D eigenvalue weighted by Crippen LogP contribution is 2.42. The van der Waals surface area contributed by atoms with Crippen LogP contribution in [0.15, 0.2) is 53.6 Å². The number of hydrogen-bond donors (Lipinski definition) is 1. The smallest absolute Gasteiger partial charge is 0.284 e. The van der Waals surface area contributed by atoms with Crippen molar-refractivity contribution in [2.75, 3.05) is 17.2 Å². The number of benzene rings is 1. The molecule has 32 heavy (non-hydrogen) atoms. The first-order chi connectivity index (χ1) is 15.4. The molecule has 162 valence electrons. The number of nitrogens with zero attached hydrogens (tertiary/aromatic N) is 6. The molecule has 2 N–H and O–H groups in total. The molecule has 5 rings (SSSR count). The van der Waals surface area contributed by atoms with Gasteiger partial charge < -0.3 is 10.6 Å². The summed E-state index contributed by atoms with van der Waals surface area (Å²) in [6.45, 7) is 4.15. The summed E-state index contributed by atoms with van der Waals surface area (Å²) in [4.78, 5) is 36.0. The van der Waals surface area contributed by atoms with E-state index in [0.29, 0.717) is 40.0 Å². The summed E-state index contributed by atoms with van der Waals surface area (Å²) in [7, 11) is 0. The average molecular weight is 450 g/mol. The number of Topliss-reactive ketones (excluding diaryl/α,β-unsaturated/α-hetero) is 1. The van der Waals surface area contributed by atoms with E-state index in [1.54, 1.807) is 16.8 Å². The maximum absolute atomic E-state index is 13.6. The Balaban J connectivity index is 1.75. The Morgan fingerprint density at radius 1 is 1.22 bits per heavy atom. The lowest BCUT2D eigenvalue weighted by atomic mass is 9.88. The van der Waals surface area contributed by atoms with Gasteiger partial charge in [-0.1, -0.05) is 36.7 Å². The van der Waals surface area contributed by atoms with Gasteiger partial charge in [-0.2, -0.15) is 10.1 Å². The monoisotopic (exact) mass is 449 g/mol. The van der Waals surface area contributed by atoms with Crippen LogP contribution >= 0.6 is 11.6 Å². The Bertz CT molecular complexity index is 1410. The number of fused-ring (bicyclic) bond motifs is 1. The lowest BCUT2D eigenvalue weighted by molar-refractivity contribution is 0.101. The van der Waals surface area contributed by atoms with Crippen LogP contribution < -0.4 is 16.2 Å². The van der Waals surface area contributed by atoms with Crippen LogP contribution in [-0.4, -0.2) is 36.5 Å². The SMILES string of the molecule is CC(=O)c1cnc(N)nc1N1CC(C)C1c1nn2ccc(Cl)c2c(=O)n1-c1ccccc1. The number of ketones is 1. The molecule has 0 spiro atoms. The van der Waals surface area contributed by atoms with Crippen molar-refractivity contribution >= 4 is 34.7 Å². The standard InChI is InChI=1S/C22H20ClN7O2/c1-12-11-28(19-15(13(2)31)10-25-22(24)26-19)17(12)20-27-29-9-8-16(23)18(29)21(32)30(20)14-6-4-3-5-7-14/h3-10,12,17H,11H2,1-2H3,(H2,24,25,26). The highest BCUT2D eigenvalue weighted by molar-refractivity contribution is 6.33. The summed E-state index contributed by atoms with van der Waals surface area (Å²) in [5.41, 5.74) is 6.91. The van der Waals surface area contributed by atoms with Crippen LogP contribution in [0.25, 0.3) is 11.2 Å². The Kier molecular flexibility index (Phi) is 4.70. The number of carbonyl (C=O) groups is 1. The molecular formula is C22H20ClN7O2. The second kappa shape index (κ2) is 7.45. The maximum atomic E-state index is 13.6. The lowest BCUT2D eigenvalue weighted by Crippen LogP contribution is -2.52. The summed E-state index contributed by atoms with van der Waals surface area (Å²) in [6.07, 6.45) is 3.10. The van der Waals surface area contributed by atoms with Gasteiger partial charge in [0, 0.05) is 24.9 Å². The predicted octanol–water partition coefficient (Wildman–Crippen LogP) is 2.91. The van der Waals surface area contributed by atoms with E-state index >= 15 is 0 Å². The summed E-state index contributed by atoms with van der Waals surface area (Å²) >= 11 is 6.29. The van der Waals surface area contributed by atoms with Crippen LogP contribution in [0.1, 0.15) is 36.1 Å². The van der Waals surface area contributed by atoms with Crippen molar-refractivity contribution in [2.45, 2.75) is 19.9 Å². The van der Waals surface area contributed by atoms with Crippen LogP contribution in [0.3, 0.4) is 0 Å². The molecule has 2 unspecified atom stereocenters. The molecule has 1 aliphatic heterocycles. The highest BCUT2D eigenvalue weighted by atomic mass is 35.5. The van der Waals surface area contributed by atoms with E-state index in [1.165, 1.54) is 17.6 Å². The first kappa shape index (κ1) is 20.2. The van der Waals surface area contributed by atoms with Crippen molar-refractivity contribution in [3.63, 3.8) is 0 Å². The van der Waals surface area contributed by atoms with Gasteiger partial charge in [0.1, 0.15) is 11.3 Å². The minimum Gasteiger partial charge on any atom is -0.368 e. The molecule has 1 fully saturated rings. The Hall–Kier alpha value is -3.72. The number of hydrogen-bond acceptors (Lipinski definition) is 7. The van der Waals surface area contributed by atoms with Crippen molar-refractivity contribution in [1.29, 1.82) is 0 Å². The van der Waals surface area contributed by atoms with Gasteiger partial charge >= 0.3 is 0 Å². The fourth-order valence-corrected chi connectivity index (χ4v) is 4.45. The lowest BCUT2D eigenvalue weighted by Gasteiger charge is -2.47. The molecule has 0 saturated carbocycles. The van der Waals surface area contributed by atoms with Gasteiger partial charge in [-0.25, -0.2) is 9.50 Å². The molecule has 9 nitrogen and oxygen atoms in total. The zero-order chi connectivity index (χ0) is 22.6. The van der Waals surface area contributed by atoms with Crippen LogP contribution in [0, 0.1) is 5.92 Å². The second-order valence-corrected chi connectivity index (χ2v) is 8.29. The molecule has 4 aromatic rings. The molecule has 0 radical (unpaired) electrons. The number of nitrogens with two attached hydrogens (primary N) is 1. The molecular weight excluding hydrogens is 430 g/mol. The number of aromatic nitrogens is 5. The Labute approximate surface area is 188 Å². The molecule has 1 aliphatic rings. The van der Waals surface area contributed by atoms with Crippen molar-refractivity contribution in [3.8, 4) is 5.69 Å². The quantitative estimate of drug-likeness (QED) is 0.477. The van der Waals surface area contributed by atoms with Gasteiger partial charge in [0.25, 0.3) is 5.56 Å². The molecule has 3 aromatic heterocycles. The molecule has 4 heterocycles. The molecule has 0 amide bonds. The van der Waals surface area contributed by atoms with Gasteiger partial charge in [0.05, 0.1) is 22.3 Å². The Morgan fingerprint density at radius 2 is 1.97 bits per heavy atom. The maximum Gasteiger partial charge on any atom is 0.284 e. The van der Waals surface area contributed by atoms with Gasteiger partial charge in [0.15, 0.2) is 11.6 Å². The minimum absolute atomic E-state index is 0.0735. The van der Waals surface area contributed by atoms with E-state index in [2.05, 4.69) is 16.9 Å². The summed E-state index contributed by atoms with van der Waals surface area (Å²) < 4.78 is 3.08. The number of nitrogen functional groups attached to an aromatic ring is 1. The fourth-order valence-electron chi connectivity index (χ4n) is 4.22. The van der Waals surface area contributed by atoms with Crippen molar-refractivity contribution in [1.82, 2.24) is 24.1 Å². The third kappa shape index (κ3) is 3.04. The van der Waals surface area contributed by atoms with Crippen LogP contribution in [-0.2, 0) is 0 Å². The number of halogens is 1. The van der Waals surface area contributed by atoms with Crippen molar-refractivity contribution < 1.29 is 4.79 Å². The van der Waals surface area contributed by atoms with Crippen LogP contribution in [0.4, 0.5) is 11.8 Å². The number of carbonyl (C=O) groups excluding carboxylic acids is 1. The normalized spacial score (nSPS) is 18.0. The molecule has 2 atom stereocenters. The summed E-state index contributed by atoms with van der Waals surface area (Å²) in [5, 5.41) is 5.11. The number of anilines is 2. The largest absolute Gasteiger partial charge is 0.368 e. The average Bonchev–Trinajstić information content (AvgIpc) is 3.13. The van der Waals surface area contributed by atoms with E-state index in [9.17, 15) is 9.59 Å². The van der Waals surface area contributed by atoms with Crippen molar-refractivity contribution in [2.24, 2.45) is 5.92 Å². The summed E-state index contributed by atoms with van der Waals surface area (Å²) in [5.74, 6) is 0.999. The first-order valence-corrected chi connectivity index (χ1v) is 10.5. The van der Waals surface area contributed by atoms with E-state index < -0.39 is 0 Å². The van der Waals surface area contributed by atoms with Gasteiger partial charge in [-0.15, -0.1) is 0 Å². The molecule has 0 bridgehead atoms. The minimum atomic E-state index is -0.319. The molecule has 0 aliphatic carbocycles. The number of rotatable bonds is 4. The molecule has 1 aromatic carbocycles. The molecule has 1 saturated heterocycles. The van der Waals surface area contributed by atoms with E-state index in [1.807, 2.05) is 35.2 Å². The number of para-hydroxylation sites is 1. The third-order valence-electron chi connectivity index (χ3n) is 5.74. The first-order valence-electron chi connectivity index (χ1n) is 10.1. The van der Waals surface area contributed by atoms with E-state index in [4.69, 9.17) is 22.4 Å². The van der Waals surface area contributed by atoms with E-state index in [-0.39, 0.29) is 29.3 Å². The van der Waals surface area contributed by atoms with Gasteiger partial charge in [-0.3, -0.25) is 14.2 Å². The van der Waals surface area contributed by atoms with E-state index in [0.717, 1.165) is 0 Å². The van der Waals surface area contributed by atoms with Crippen LogP contribution in [0.5, 0.6) is 0 Å². The predicted molar refractivity (Wildman–Crippen MR) is 121 cm³/mol. The highest BCUT2D eigenvalue weighted by Gasteiger charge is 2.43. The topological polar surface area (TPSA) is 111 Å². The fraction of sp³-hybridized carbons (Fsp3) is 0.227.